The molecule has 0 saturated carbocycles. The zero-order chi connectivity index (χ0) is 15.1. The highest BCUT2D eigenvalue weighted by atomic mass is 16.5. The normalized spacial score (nSPS) is 10.1. The van der Waals surface area contributed by atoms with Crippen molar-refractivity contribution in [2.75, 3.05) is 25.6 Å². The van der Waals surface area contributed by atoms with E-state index < -0.39 is 0 Å². The van der Waals surface area contributed by atoms with Gasteiger partial charge in [0.25, 0.3) is 5.91 Å². The predicted octanol–water partition coefficient (Wildman–Crippen LogP) is 1.05. The van der Waals surface area contributed by atoms with Crippen LogP contribution in [0.25, 0.3) is 0 Å². The third-order valence-corrected chi connectivity index (χ3v) is 2.57. The first-order valence-corrected chi connectivity index (χ1v) is 6.27. The number of hydrogen-bond acceptors (Lipinski definition) is 5. The average Bonchev–Trinajstić information content (AvgIpc) is 2.49. The smallest absolute Gasteiger partial charge is 0.255 e. The minimum absolute atomic E-state index is 0.277. The number of rotatable bonds is 6. The number of nitrogens with one attached hydrogen (secondary N) is 2. The molecule has 0 aliphatic carbocycles. The van der Waals surface area contributed by atoms with Gasteiger partial charge in [0.05, 0.1) is 18.5 Å². The van der Waals surface area contributed by atoms with Crippen LogP contribution in [0.3, 0.4) is 0 Å². The lowest BCUT2D eigenvalue weighted by molar-refractivity contribution is 0.102. The minimum atomic E-state index is -0.379. The Labute approximate surface area is 120 Å². The van der Waals surface area contributed by atoms with E-state index in [1.807, 2.05) is 0 Å². The first-order valence-electron chi connectivity index (χ1n) is 6.27. The van der Waals surface area contributed by atoms with Crippen molar-refractivity contribution in [3.63, 3.8) is 0 Å². The van der Waals surface area contributed by atoms with Crippen LogP contribution in [-0.4, -0.2) is 36.2 Å². The van der Waals surface area contributed by atoms with E-state index in [0.29, 0.717) is 24.8 Å². The molecule has 7 heteroatoms. The Morgan fingerprint density at radius 1 is 1.33 bits per heavy atom. The standard InChI is InChI=1S/C14H15N3O4/c1-20-6-7-21-13-3-2-11(9-16-13)17-14(19)10-4-5-15-12(18)8-10/h2-5,8-9H,6-7H2,1H3,(H,15,18)(H,17,19). The van der Waals surface area contributed by atoms with Gasteiger partial charge in [0.15, 0.2) is 0 Å². The molecule has 0 bridgehead atoms. The third-order valence-electron chi connectivity index (χ3n) is 2.57. The topological polar surface area (TPSA) is 93.3 Å². The van der Waals surface area contributed by atoms with Crippen molar-refractivity contribution in [1.29, 1.82) is 0 Å². The van der Waals surface area contributed by atoms with Gasteiger partial charge in [0, 0.05) is 31.0 Å². The van der Waals surface area contributed by atoms with E-state index >= 15 is 0 Å². The SMILES string of the molecule is COCCOc1ccc(NC(=O)c2cc[nH]c(=O)c2)cn1. The summed E-state index contributed by atoms with van der Waals surface area (Å²) in [7, 11) is 1.59. The van der Waals surface area contributed by atoms with Gasteiger partial charge in [0.1, 0.15) is 6.61 Å². The molecular formula is C14H15N3O4. The van der Waals surface area contributed by atoms with E-state index in [9.17, 15) is 9.59 Å². The lowest BCUT2D eigenvalue weighted by Gasteiger charge is -2.07. The van der Waals surface area contributed by atoms with Crippen molar-refractivity contribution < 1.29 is 14.3 Å². The summed E-state index contributed by atoms with van der Waals surface area (Å²) in [5, 5.41) is 2.65. The molecule has 0 aliphatic heterocycles. The van der Waals surface area contributed by atoms with Gasteiger partial charge in [-0.3, -0.25) is 9.59 Å². The van der Waals surface area contributed by atoms with Gasteiger partial charge >= 0.3 is 0 Å². The minimum Gasteiger partial charge on any atom is -0.475 e. The number of carbonyl (C=O) groups is 1. The molecular weight excluding hydrogens is 274 g/mol. The van der Waals surface area contributed by atoms with Gasteiger partial charge in [-0.05, 0) is 12.1 Å². The monoisotopic (exact) mass is 289 g/mol. The average molecular weight is 289 g/mol. The first-order chi connectivity index (χ1) is 10.2. The fraction of sp³-hybridized carbons (Fsp3) is 0.214. The molecule has 21 heavy (non-hydrogen) atoms. The number of ether oxygens (including phenoxy) is 2. The number of anilines is 1. The summed E-state index contributed by atoms with van der Waals surface area (Å²) < 4.78 is 10.2. The van der Waals surface area contributed by atoms with Crippen molar-refractivity contribution in [1.82, 2.24) is 9.97 Å². The molecule has 2 aromatic heterocycles. The summed E-state index contributed by atoms with van der Waals surface area (Å²) in [6.45, 7) is 0.880. The van der Waals surface area contributed by atoms with Crippen LogP contribution in [0.15, 0.2) is 41.5 Å². The molecule has 0 saturated heterocycles. The maximum atomic E-state index is 11.9. The summed E-state index contributed by atoms with van der Waals surface area (Å²) in [6, 6.07) is 6.06. The second-order valence-corrected chi connectivity index (χ2v) is 4.12. The highest BCUT2D eigenvalue weighted by molar-refractivity contribution is 6.04. The van der Waals surface area contributed by atoms with E-state index in [4.69, 9.17) is 9.47 Å². The molecule has 2 N–H and O–H groups in total. The van der Waals surface area contributed by atoms with Gasteiger partial charge in [-0.15, -0.1) is 0 Å². The van der Waals surface area contributed by atoms with Gasteiger partial charge in [-0.1, -0.05) is 0 Å². The number of carbonyl (C=O) groups excluding carboxylic acids is 1. The summed E-state index contributed by atoms with van der Waals surface area (Å²) in [5.74, 6) is 0.0668. The molecule has 0 spiro atoms. The molecule has 2 aromatic rings. The van der Waals surface area contributed by atoms with Gasteiger partial charge < -0.3 is 19.8 Å². The molecule has 1 amide bonds. The maximum absolute atomic E-state index is 11.9. The number of nitrogens with zero attached hydrogens (tertiary/aromatic N) is 1. The summed E-state index contributed by atoms with van der Waals surface area (Å²) >= 11 is 0. The summed E-state index contributed by atoms with van der Waals surface area (Å²) in [5.41, 5.74) is 0.459. The van der Waals surface area contributed by atoms with Crippen LogP contribution in [0.1, 0.15) is 10.4 Å². The maximum Gasteiger partial charge on any atom is 0.255 e. The van der Waals surface area contributed by atoms with E-state index in [1.165, 1.54) is 24.5 Å². The Bertz CT molecular complexity index is 652. The quantitative estimate of drug-likeness (QED) is 0.775. The van der Waals surface area contributed by atoms with Crippen molar-refractivity contribution in [2.24, 2.45) is 0 Å². The first kappa shape index (κ1) is 14.7. The molecule has 0 unspecified atom stereocenters. The second kappa shape index (κ2) is 7.20. The third kappa shape index (κ3) is 4.43. The Morgan fingerprint density at radius 3 is 2.86 bits per heavy atom. The van der Waals surface area contributed by atoms with Crippen molar-refractivity contribution in [2.45, 2.75) is 0 Å². The Hall–Kier alpha value is -2.67. The van der Waals surface area contributed by atoms with E-state index in [2.05, 4.69) is 15.3 Å². The Kier molecular flexibility index (Phi) is 5.05. The molecule has 0 aromatic carbocycles. The fourth-order valence-electron chi connectivity index (χ4n) is 1.56. The molecule has 0 atom stereocenters. The zero-order valence-corrected chi connectivity index (χ0v) is 11.5. The summed E-state index contributed by atoms with van der Waals surface area (Å²) in [6.07, 6.45) is 2.90. The Balaban J connectivity index is 1.96. The largest absolute Gasteiger partial charge is 0.475 e. The Morgan fingerprint density at radius 2 is 2.19 bits per heavy atom. The van der Waals surface area contributed by atoms with Gasteiger partial charge in [0.2, 0.25) is 11.4 Å². The van der Waals surface area contributed by atoms with Crippen LogP contribution in [-0.2, 0) is 4.74 Å². The molecule has 0 fully saturated rings. The lowest BCUT2D eigenvalue weighted by Crippen LogP contribution is -2.15. The molecule has 2 heterocycles. The number of aromatic nitrogens is 2. The van der Waals surface area contributed by atoms with E-state index in [1.54, 1.807) is 19.2 Å². The van der Waals surface area contributed by atoms with Crippen molar-refractivity contribution in [3.8, 4) is 5.88 Å². The van der Waals surface area contributed by atoms with Crippen molar-refractivity contribution >= 4 is 11.6 Å². The zero-order valence-electron chi connectivity index (χ0n) is 11.5. The van der Waals surface area contributed by atoms with Gasteiger partial charge in [-0.25, -0.2) is 4.98 Å². The highest BCUT2D eigenvalue weighted by Crippen LogP contribution is 2.12. The van der Waals surface area contributed by atoms with Gasteiger partial charge in [-0.2, -0.15) is 0 Å². The second-order valence-electron chi connectivity index (χ2n) is 4.12. The van der Waals surface area contributed by atoms with Crippen LogP contribution in [0, 0.1) is 0 Å². The molecule has 110 valence electrons. The fourth-order valence-corrected chi connectivity index (χ4v) is 1.56. The van der Waals surface area contributed by atoms with Crippen molar-refractivity contribution in [3.05, 3.63) is 52.6 Å². The van der Waals surface area contributed by atoms with Crippen LogP contribution >= 0.6 is 0 Å². The molecule has 0 radical (unpaired) electrons. The van der Waals surface area contributed by atoms with Crippen LogP contribution in [0.4, 0.5) is 5.69 Å². The predicted molar refractivity (Wildman–Crippen MR) is 76.6 cm³/mol. The van der Waals surface area contributed by atoms with Crippen LogP contribution in [0.2, 0.25) is 0 Å². The molecule has 2 rings (SSSR count). The van der Waals surface area contributed by atoms with Crippen LogP contribution in [0.5, 0.6) is 5.88 Å². The summed E-state index contributed by atoms with van der Waals surface area (Å²) in [4.78, 5) is 29.6. The number of amides is 1. The molecule has 7 nitrogen and oxygen atoms in total. The molecule has 0 aliphatic rings. The van der Waals surface area contributed by atoms with E-state index in [-0.39, 0.29) is 17.0 Å². The number of hydrogen-bond donors (Lipinski definition) is 2. The number of pyridine rings is 2. The van der Waals surface area contributed by atoms with E-state index in [0.717, 1.165) is 0 Å². The highest BCUT2D eigenvalue weighted by Gasteiger charge is 2.06. The number of methoxy groups -OCH3 is 1. The number of aromatic amines is 1. The number of H-pyrrole nitrogens is 1. The lowest BCUT2D eigenvalue weighted by atomic mass is 10.2. The van der Waals surface area contributed by atoms with Crippen LogP contribution < -0.4 is 15.6 Å².